The average molecular weight is 172 g/mol. The first-order chi connectivity index (χ1) is 5.27. The van der Waals surface area contributed by atoms with Gasteiger partial charge in [-0.2, -0.15) is 0 Å². The molecule has 0 aliphatic heterocycles. The van der Waals surface area contributed by atoms with Crippen molar-refractivity contribution < 1.29 is 14.6 Å². The van der Waals surface area contributed by atoms with Gasteiger partial charge in [0.25, 0.3) is 0 Å². The number of allylic oxidation sites excluding steroid dienone is 1. The maximum atomic E-state index is 10.3. The minimum Gasteiger partial charge on any atom is -0.450 e. The molecular formula is C9H16O3. The van der Waals surface area contributed by atoms with Crippen LogP contribution in [0.3, 0.4) is 0 Å². The van der Waals surface area contributed by atoms with Crippen LogP contribution in [-0.2, 0) is 4.74 Å². The van der Waals surface area contributed by atoms with Crippen molar-refractivity contribution in [3.63, 3.8) is 0 Å². The Balaban J connectivity index is 4.62. The average Bonchev–Trinajstić information content (AvgIpc) is 1.82. The SMILES string of the molecule is CC(C)=C(C)C(C)(C)OC(=O)O. The summed E-state index contributed by atoms with van der Waals surface area (Å²) in [6.45, 7) is 9.22. The third-order valence-corrected chi connectivity index (χ3v) is 2.00. The lowest BCUT2D eigenvalue weighted by atomic mass is 9.96. The van der Waals surface area contributed by atoms with Gasteiger partial charge in [-0.05, 0) is 40.2 Å². The summed E-state index contributed by atoms with van der Waals surface area (Å²) in [5, 5.41) is 8.43. The molecule has 0 unspecified atom stereocenters. The molecule has 0 aromatic carbocycles. The number of carboxylic acid groups (broad SMARTS) is 1. The number of ether oxygens (including phenoxy) is 1. The smallest absolute Gasteiger partial charge is 0.450 e. The van der Waals surface area contributed by atoms with Crippen molar-refractivity contribution >= 4 is 6.16 Å². The van der Waals surface area contributed by atoms with Crippen LogP contribution in [0.25, 0.3) is 0 Å². The molecule has 0 fully saturated rings. The van der Waals surface area contributed by atoms with Gasteiger partial charge in [-0.3, -0.25) is 0 Å². The Labute approximate surface area is 73.0 Å². The van der Waals surface area contributed by atoms with E-state index >= 15 is 0 Å². The van der Waals surface area contributed by atoms with E-state index in [2.05, 4.69) is 0 Å². The molecule has 0 aliphatic rings. The van der Waals surface area contributed by atoms with E-state index in [0.717, 1.165) is 11.1 Å². The normalized spacial score (nSPS) is 10.8. The molecule has 1 N–H and O–H groups in total. The fourth-order valence-corrected chi connectivity index (χ4v) is 0.897. The molecule has 0 bridgehead atoms. The van der Waals surface area contributed by atoms with E-state index < -0.39 is 11.8 Å². The minimum absolute atomic E-state index is 0.718. The topological polar surface area (TPSA) is 46.5 Å². The molecule has 0 aromatic rings. The van der Waals surface area contributed by atoms with Crippen LogP contribution in [0.1, 0.15) is 34.6 Å². The molecule has 0 spiro atoms. The van der Waals surface area contributed by atoms with Crippen LogP contribution in [-0.4, -0.2) is 16.9 Å². The third-order valence-electron chi connectivity index (χ3n) is 2.00. The third kappa shape index (κ3) is 2.95. The van der Waals surface area contributed by atoms with Gasteiger partial charge in [0.05, 0.1) is 0 Å². The summed E-state index contributed by atoms with van der Waals surface area (Å²) in [5.41, 5.74) is 1.32. The number of hydrogen-bond acceptors (Lipinski definition) is 2. The molecule has 0 atom stereocenters. The van der Waals surface area contributed by atoms with E-state index in [-0.39, 0.29) is 0 Å². The zero-order valence-electron chi connectivity index (χ0n) is 8.26. The standard InChI is InChI=1S/C9H16O3/c1-6(2)7(3)9(4,5)12-8(10)11/h1-5H3,(H,10,11). The Kier molecular flexibility index (Phi) is 3.31. The van der Waals surface area contributed by atoms with E-state index in [9.17, 15) is 4.79 Å². The molecule has 70 valence electrons. The monoisotopic (exact) mass is 172 g/mol. The predicted molar refractivity (Wildman–Crippen MR) is 47.2 cm³/mol. The van der Waals surface area contributed by atoms with Gasteiger partial charge in [-0.1, -0.05) is 5.57 Å². The summed E-state index contributed by atoms with van der Waals surface area (Å²) in [5.74, 6) is 0. The molecular weight excluding hydrogens is 156 g/mol. The van der Waals surface area contributed by atoms with Crippen molar-refractivity contribution in [2.45, 2.75) is 40.2 Å². The number of carbonyl (C=O) groups is 1. The second kappa shape index (κ2) is 3.61. The summed E-state index contributed by atoms with van der Waals surface area (Å²) in [6, 6.07) is 0. The Morgan fingerprint density at radius 1 is 1.25 bits per heavy atom. The lowest BCUT2D eigenvalue weighted by molar-refractivity contribution is 0.0240. The fraction of sp³-hybridized carbons (Fsp3) is 0.667. The van der Waals surface area contributed by atoms with E-state index in [4.69, 9.17) is 9.84 Å². The Hall–Kier alpha value is -0.990. The van der Waals surface area contributed by atoms with Gasteiger partial charge >= 0.3 is 6.16 Å². The molecule has 0 aliphatic carbocycles. The molecule has 12 heavy (non-hydrogen) atoms. The quantitative estimate of drug-likeness (QED) is 0.514. The molecule has 0 saturated heterocycles. The van der Waals surface area contributed by atoms with Crippen molar-refractivity contribution in [1.82, 2.24) is 0 Å². The molecule has 3 nitrogen and oxygen atoms in total. The van der Waals surface area contributed by atoms with Gasteiger partial charge in [0.1, 0.15) is 5.60 Å². The van der Waals surface area contributed by atoms with Crippen LogP contribution in [0.15, 0.2) is 11.1 Å². The van der Waals surface area contributed by atoms with E-state index in [1.807, 2.05) is 20.8 Å². The van der Waals surface area contributed by atoms with Gasteiger partial charge in [0.2, 0.25) is 0 Å². The number of rotatable bonds is 2. The van der Waals surface area contributed by atoms with E-state index in [0.29, 0.717) is 0 Å². The van der Waals surface area contributed by atoms with Crippen molar-refractivity contribution in [3.8, 4) is 0 Å². The summed E-state index contributed by atoms with van der Waals surface area (Å²) >= 11 is 0. The molecule has 0 aromatic heterocycles. The zero-order valence-corrected chi connectivity index (χ0v) is 8.26. The predicted octanol–water partition coefficient (Wildman–Crippen LogP) is 2.82. The van der Waals surface area contributed by atoms with E-state index in [1.54, 1.807) is 13.8 Å². The zero-order chi connectivity index (χ0) is 9.94. The van der Waals surface area contributed by atoms with Crippen LogP contribution in [0.2, 0.25) is 0 Å². The Morgan fingerprint density at radius 3 is 1.92 bits per heavy atom. The highest BCUT2D eigenvalue weighted by Crippen LogP contribution is 2.23. The maximum Gasteiger partial charge on any atom is 0.506 e. The summed E-state index contributed by atoms with van der Waals surface area (Å²) in [7, 11) is 0. The van der Waals surface area contributed by atoms with Gasteiger partial charge in [0, 0.05) is 0 Å². The van der Waals surface area contributed by atoms with Crippen LogP contribution >= 0.6 is 0 Å². The Bertz CT molecular complexity index is 210. The highest BCUT2D eigenvalue weighted by Gasteiger charge is 2.25. The van der Waals surface area contributed by atoms with Crippen molar-refractivity contribution in [2.24, 2.45) is 0 Å². The van der Waals surface area contributed by atoms with Gasteiger partial charge in [-0.15, -0.1) is 0 Å². The largest absolute Gasteiger partial charge is 0.506 e. The van der Waals surface area contributed by atoms with Crippen molar-refractivity contribution in [1.29, 1.82) is 0 Å². The first-order valence-corrected chi connectivity index (χ1v) is 3.84. The first kappa shape index (κ1) is 11.0. The summed E-state index contributed by atoms with van der Waals surface area (Å²) in [4.78, 5) is 10.3. The van der Waals surface area contributed by atoms with Crippen LogP contribution in [0.5, 0.6) is 0 Å². The summed E-state index contributed by atoms with van der Waals surface area (Å²) in [6.07, 6.45) is -1.24. The highest BCUT2D eigenvalue weighted by atomic mass is 16.7. The summed E-state index contributed by atoms with van der Waals surface area (Å²) < 4.78 is 4.72. The van der Waals surface area contributed by atoms with Gasteiger partial charge in [-0.25, -0.2) is 4.79 Å². The fourth-order valence-electron chi connectivity index (χ4n) is 0.897. The van der Waals surface area contributed by atoms with E-state index in [1.165, 1.54) is 0 Å². The molecule has 0 amide bonds. The maximum absolute atomic E-state index is 10.3. The second-order valence-electron chi connectivity index (χ2n) is 3.50. The molecule has 0 rings (SSSR count). The Morgan fingerprint density at radius 2 is 1.67 bits per heavy atom. The first-order valence-electron chi connectivity index (χ1n) is 3.84. The van der Waals surface area contributed by atoms with Crippen molar-refractivity contribution in [2.75, 3.05) is 0 Å². The molecule has 0 heterocycles. The minimum atomic E-state index is -1.24. The lowest BCUT2D eigenvalue weighted by Gasteiger charge is -2.25. The van der Waals surface area contributed by atoms with Gasteiger partial charge in [0.15, 0.2) is 0 Å². The second-order valence-corrected chi connectivity index (χ2v) is 3.50. The van der Waals surface area contributed by atoms with Crippen LogP contribution in [0, 0.1) is 0 Å². The lowest BCUT2D eigenvalue weighted by Crippen LogP contribution is -2.29. The van der Waals surface area contributed by atoms with Crippen LogP contribution < -0.4 is 0 Å². The molecule has 0 saturated carbocycles. The van der Waals surface area contributed by atoms with Gasteiger partial charge < -0.3 is 9.84 Å². The van der Waals surface area contributed by atoms with Crippen molar-refractivity contribution in [3.05, 3.63) is 11.1 Å². The highest BCUT2D eigenvalue weighted by molar-refractivity contribution is 5.58. The van der Waals surface area contributed by atoms with Crippen LogP contribution in [0.4, 0.5) is 4.79 Å². The molecule has 0 radical (unpaired) electrons. The molecule has 3 heteroatoms. The number of hydrogen-bond donors (Lipinski definition) is 1.